The number of Topliss-reactive ketones (excluding diaryl/α,β-unsaturated/α-hetero) is 1. The van der Waals surface area contributed by atoms with Crippen LogP contribution in [0.1, 0.15) is 44.6 Å². The second-order valence-electron chi connectivity index (χ2n) is 9.61. The standard InChI is InChI=1S/C25H35N3O/c1-18-13-21(15-22(29)14-20-8-11-27(3)12-9-20)17-28(16-18)24-7-6-19(2)25-23(24)5-4-10-26-25/h4-7,10,18,20-21H,8-9,11-17H2,1-3H3/t18-,21-/m0/s1. The Labute approximate surface area is 175 Å². The maximum atomic E-state index is 12.8. The van der Waals surface area contributed by atoms with Crippen molar-refractivity contribution in [1.82, 2.24) is 9.88 Å². The van der Waals surface area contributed by atoms with Crippen LogP contribution >= 0.6 is 0 Å². The molecule has 0 amide bonds. The van der Waals surface area contributed by atoms with Gasteiger partial charge >= 0.3 is 0 Å². The topological polar surface area (TPSA) is 36.4 Å². The van der Waals surface area contributed by atoms with Crippen LogP contribution in [0.25, 0.3) is 10.9 Å². The van der Waals surface area contributed by atoms with Crippen molar-refractivity contribution in [3.63, 3.8) is 0 Å². The minimum atomic E-state index is 0.463. The van der Waals surface area contributed by atoms with Crippen molar-refractivity contribution in [2.45, 2.75) is 46.0 Å². The van der Waals surface area contributed by atoms with Crippen LogP contribution in [0.5, 0.6) is 0 Å². The summed E-state index contributed by atoms with van der Waals surface area (Å²) in [6.07, 6.45) is 6.93. The number of carbonyl (C=O) groups is 1. The molecule has 2 fully saturated rings. The van der Waals surface area contributed by atoms with E-state index in [1.165, 1.54) is 29.5 Å². The SMILES string of the molecule is Cc1ccc(N2C[C@@H](C)C[C@@H](CC(=O)CC3CCN(C)CC3)C2)c2cccnc12. The van der Waals surface area contributed by atoms with E-state index in [0.717, 1.165) is 51.0 Å². The highest BCUT2D eigenvalue weighted by atomic mass is 16.1. The molecule has 0 spiro atoms. The minimum Gasteiger partial charge on any atom is -0.370 e. The second kappa shape index (κ2) is 8.83. The summed E-state index contributed by atoms with van der Waals surface area (Å²) in [6, 6.07) is 8.64. The number of pyridine rings is 1. The van der Waals surface area contributed by atoms with Gasteiger partial charge in [0.05, 0.1) is 5.52 Å². The van der Waals surface area contributed by atoms with Crippen LogP contribution in [0.2, 0.25) is 0 Å². The predicted octanol–water partition coefficient (Wildman–Crippen LogP) is 4.70. The van der Waals surface area contributed by atoms with Crippen LogP contribution in [0, 0.1) is 24.7 Å². The van der Waals surface area contributed by atoms with Gasteiger partial charge in [0.2, 0.25) is 0 Å². The monoisotopic (exact) mass is 393 g/mol. The number of hydrogen-bond acceptors (Lipinski definition) is 4. The molecule has 29 heavy (non-hydrogen) atoms. The molecule has 4 rings (SSSR count). The number of likely N-dealkylation sites (tertiary alicyclic amines) is 1. The molecule has 0 radical (unpaired) electrons. The van der Waals surface area contributed by atoms with Crippen molar-refractivity contribution < 1.29 is 4.79 Å². The Morgan fingerprint density at radius 2 is 1.86 bits per heavy atom. The molecule has 0 saturated carbocycles. The smallest absolute Gasteiger partial charge is 0.133 e. The van der Waals surface area contributed by atoms with Gasteiger partial charge in [0, 0.05) is 43.2 Å². The molecule has 156 valence electrons. The van der Waals surface area contributed by atoms with E-state index in [2.05, 4.69) is 53.9 Å². The van der Waals surface area contributed by atoms with Gasteiger partial charge in [0.15, 0.2) is 0 Å². The molecule has 1 aromatic carbocycles. The fourth-order valence-electron chi connectivity index (χ4n) is 5.39. The lowest BCUT2D eigenvalue weighted by Crippen LogP contribution is -2.40. The predicted molar refractivity (Wildman–Crippen MR) is 120 cm³/mol. The van der Waals surface area contributed by atoms with Crippen LogP contribution in [0.15, 0.2) is 30.5 Å². The normalized spacial score (nSPS) is 24.2. The zero-order valence-electron chi connectivity index (χ0n) is 18.2. The number of benzene rings is 1. The average Bonchev–Trinajstić information content (AvgIpc) is 2.70. The van der Waals surface area contributed by atoms with Crippen LogP contribution < -0.4 is 4.90 Å². The Kier molecular flexibility index (Phi) is 6.19. The summed E-state index contributed by atoms with van der Waals surface area (Å²) >= 11 is 0. The third kappa shape index (κ3) is 4.80. The van der Waals surface area contributed by atoms with Gasteiger partial charge in [0.25, 0.3) is 0 Å². The molecule has 2 atom stereocenters. The zero-order chi connectivity index (χ0) is 20.4. The largest absolute Gasteiger partial charge is 0.370 e. The molecule has 4 heteroatoms. The van der Waals surface area contributed by atoms with Crippen molar-refractivity contribution in [2.24, 2.45) is 17.8 Å². The Morgan fingerprint density at radius 3 is 2.66 bits per heavy atom. The van der Waals surface area contributed by atoms with Crippen LogP contribution in [0.3, 0.4) is 0 Å². The molecule has 0 unspecified atom stereocenters. The van der Waals surface area contributed by atoms with E-state index in [1.807, 2.05) is 12.3 Å². The Balaban J connectivity index is 1.43. The lowest BCUT2D eigenvalue weighted by molar-refractivity contribution is -0.121. The lowest BCUT2D eigenvalue weighted by atomic mass is 9.83. The number of rotatable bonds is 5. The summed E-state index contributed by atoms with van der Waals surface area (Å²) < 4.78 is 0. The number of aryl methyl sites for hydroxylation is 1. The molecule has 0 bridgehead atoms. The van der Waals surface area contributed by atoms with Gasteiger partial charge in [-0.25, -0.2) is 0 Å². The number of anilines is 1. The number of piperidine rings is 2. The van der Waals surface area contributed by atoms with Gasteiger partial charge in [-0.2, -0.15) is 0 Å². The first kappa shape index (κ1) is 20.3. The molecule has 2 saturated heterocycles. The molecule has 0 N–H and O–H groups in total. The molecule has 2 aliphatic rings. The first-order chi connectivity index (χ1) is 14.0. The fourth-order valence-corrected chi connectivity index (χ4v) is 5.39. The van der Waals surface area contributed by atoms with Gasteiger partial charge in [-0.1, -0.05) is 13.0 Å². The van der Waals surface area contributed by atoms with Gasteiger partial charge in [-0.3, -0.25) is 9.78 Å². The molecule has 1 aromatic heterocycles. The number of ketones is 1. The number of aromatic nitrogens is 1. The lowest BCUT2D eigenvalue weighted by Gasteiger charge is -2.38. The molecule has 2 aliphatic heterocycles. The van der Waals surface area contributed by atoms with Crippen molar-refractivity contribution in [3.8, 4) is 0 Å². The molecular formula is C25H35N3O. The van der Waals surface area contributed by atoms with E-state index in [1.54, 1.807) is 0 Å². The molecular weight excluding hydrogens is 358 g/mol. The van der Waals surface area contributed by atoms with E-state index in [4.69, 9.17) is 0 Å². The molecule has 2 aromatic rings. The van der Waals surface area contributed by atoms with Gasteiger partial charge in [0.1, 0.15) is 5.78 Å². The summed E-state index contributed by atoms with van der Waals surface area (Å²) in [4.78, 5) is 22.3. The summed E-state index contributed by atoms with van der Waals surface area (Å²) in [5.74, 6) is 2.15. The summed E-state index contributed by atoms with van der Waals surface area (Å²) in [7, 11) is 2.18. The number of hydrogen-bond donors (Lipinski definition) is 0. The van der Waals surface area contributed by atoms with Gasteiger partial charge in [-0.15, -0.1) is 0 Å². The molecule has 4 nitrogen and oxygen atoms in total. The van der Waals surface area contributed by atoms with Gasteiger partial charge < -0.3 is 9.80 Å². The van der Waals surface area contributed by atoms with Crippen LogP contribution in [-0.2, 0) is 4.79 Å². The highest BCUT2D eigenvalue weighted by Gasteiger charge is 2.28. The van der Waals surface area contributed by atoms with Crippen molar-refractivity contribution in [1.29, 1.82) is 0 Å². The minimum absolute atomic E-state index is 0.463. The number of nitrogens with zero attached hydrogens (tertiary/aromatic N) is 3. The summed E-state index contributed by atoms with van der Waals surface area (Å²) in [6.45, 7) is 8.78. The molecule has 0 aliphatic carbocycles. The van der Waals surface area contributed by atoms with E-state index in [0.29, 0.717) is 23.5 Å². The van der Waals surface area contributed by atoms with E-state index >= 15 is 0 Å². The average molecular weight is 394 g/mol. The van der Waals surface area contributed by atoms with Crippen molar-refractivity contribution >= 4 is 22.4 Å². The third-order valence-corrected chi connectivity index (χ3v) is 6.91. The summed E-state index contributed by atoms with van der Waals surface area (Å²) in [5, 5.41) is 1.23. The highest BCUT2D eigenvalue weighted by molar-refractivity contribution is 5.93. The first-order valence-electron chi connectivity index (χ1n) is 11.3. The Morgan fingerprint density at radius 1 is 1.10 bits per heavy atom. The van der Waals surface area contributed by atoms with Crippen molar-refractivity contribution in [2.75, 3.05) is 38.1 Å². The van der Waals surface area contributed by atoms with Gasteiger partial charge in [-0.05, 0) is 87.8 Å². The number of carbonyl (C=O) groups excluding carboxylic acids is 1. The fraction of sp³-hybridized carbons (Fsp3) is 0.600. The van der Waals surface area contributed by atoms with E-state index < -0.39 is 0 Å². The van der Waals surface area contributed by atoms with Crippen LogP contribution in [-0.4, -0.2) is 48.9 Å². The van der Waals surface area contributed by atoms with E-state index in [9.17, 15) is 4.79 Å². The maximum Gasteiger partial charge on any atom is 0.133 e. The molecule has 3 heterocycles. The zero-order valence-corrected chi connectivity index (χ0v) is 18.2. The quantitative estimate of drug-likeness (QED) is 0.738. The first-order valence-corrected chi connectivity index (χ1v) is 11.3. The highest BCUT2D eigenvalue weighted by Crippen LogP contribution is 2.34. The Bertz CT molecular complexity index is 856. The third-order valence-electron chi connectivity index (χ3n) is 6.91. The van der Waals surface area contributed by atoms with Crippen LogP contribution in [0.4, 0.5) is 5.69 Å². The number of fused-ring (bicyclic) bond motifs is 1. The van der Waals surface area contributed by atoms with E-state index in [-0.39, 0.29) is 0 Å². The maximum absolute atomic E-state index is 12.8. The van der Waals surface area contributed by atoms with Crippen molar-refractivity contribution in [3.05, 3.63) is 36.0 Å². The Hall–Kier alpha value is -1.94. The second-order valence-corrected chi connectivity index (χ2v) is 9.61. The summed E-state index contributed by atoms with van der Waals surface area (Å²) in [5.41, 5.74) is 3.59.